The van der Waals surface area contributed by atoms with Crippen LogP contribution in [0.1, 0.15) is 30.6 Å². The molecule has 0 heterocycles. The number of Topliss-reactive ketones (excluding diaryl/α,β-unsaturated/α-hetero) is 1. The molecular weight excluding hydrogens is 207 g/mol. The van der Waals surface area contributed by atoms with Crippen LogP contribution in [0.15, 0.2) is 18.2 Å². The number of nitrogen functional groups attached to an aromatic ring is 1. The van der Waals surface area contributed by atoms with E-state index in [-0.39, 0.29) is 18.0 Å². The van der Waals surface area contributed by atoms with E-state index in [1.165, 1.54) is 18.2 Å². The normalized spacial score (nSPS) is 12.4. The fourth-order valence-electron chi connectivity index (χ4n) is 1.23. The van der Waals surface area contributed by atoms with E-state index < -0.39 is 5.82 Å². The Labute approximate surface area is 94.8 Å². The quantitative estimate of drug-likeness (QED) is 0.594. The zero-order valence-electron chi connectivity index (χ0n) is 9.59. The molecule has 0 spiro atoms. The fourth-order valence-corrected chi connectivity index (χ4v) is 1.23. The molecule has 0 bridgehead atoms. The predicted octanol–water partition coefficient (Wildman–Crippen LogP) is 1.98. The molecule has 4 heteroatoms. The second-order valence-corrected chi connectivity index (χ2v) is 3.85. The molecule has 0 aliphatic rings. The van der Waals surface area contributed by atoms with Crippen molar-refractivity contribution in [3.05, 3.63) is 29.6 Å². The van der Waals surface area contributed by atoms with Crippen molar-refractivity contribution in [3.63, 3.8) is 0 Å². The maximum Gasteiger partial charge on any atom is 0.176 e. The van der Waals surface area contributed by atoms with Gasteiger partial charge in [-0.1, -0.05) is 6.92 Å². The van der Waals surface area contributed by atoms with Gasteiger partial charge in [0.25, 0.3) is 0 Å². The summed E-state index contributed by atoms with van der Waals surface area (Å²) in [4.78, 5) is 11.7. The number of nitrogens with two attached hydrogens (primary N) is 1. The van der Waals surface area contributed by atoms with Gasteiger partial charge in [0.05, 0.1) is 12.2 Å². The Bertz CT molecular complexity index is 379. The van der Waals surface area contributed by atoms with Crippen molar-refractivity contribution in [3.8, 4) is 0 Å². The highest BCUT2D eigenvalue weighted by Crippen LogP contribution is 2.12. The first-order valence-corrected chi connectivity index (χ1v) is 5.36. The molecule has 0 saturated carbocycles. The Kier molecular flexibility index (Phi) is 4.43. The number of carbonyl (C=O) groups is 1. The molecule has 3 nitrogen and oxygen atoms in total. The van der Waals surface area contributed by atoms with Gasteiger partial charge in [0.2, 0.25) is 0 Å². The van der Waals surface area contributed by atoms with E-state index in [1.807, 2.05) is 13.8 Å². The number of anilines is 1. The van der Waals surface area contributed by atoms with Gasteiger partial charge in [-0.05, 0) is 31.5 Å². The number of benzene rings is 1. The maximum atomic E-state index is 12.9. The van der Waals surface area contributed by atoms with Gasteiger partial charge >= 0.3 is 0 Å². The van der Waals surface area contributed by atoms with Crippen molar-refractivity contribution in [1.29, 1.82) is 0 Å². The van der Waals surface area contributed by atoms with E-state index in [0.29, 0.717) is 11.6 Å². The Hall–Kier alpha value is -1.42. The van der Waals surface area contributed by atoms with E-state index in [0.717, 1.165) is 6.42 Å². The summed E-state index contributed by atoms with van der Waals surface area (Å²) in [5.41, 5.74) is 5.84. The first-order valence-electron chi connectivity index (χ1n) is 5.36. The summed E-state index contributed by atoms with van der Waals surface area (Å²) in [5.74, 6) is -0.571. The molecule has 0 saturated heterocycles. The monoisotopic (exact) mass is 224 g/mol. The second kappa shape index (κ2) is 5.61. The first-order chi connectivity index (χ1) is 7.54. The van der Waals surface area contributed by atoms with Crippen LogP contribution in [-0.4, -0.2) is 18.4 Å². The number of carbonyl (C=O) groups excluding carboxylic acids is 1. The molecule has 3 N–H and O–H groups in total. The summed E-state index contributed by atoms with van der Waals surface area (Å²) in [6.07, 6.45) is 0.957. The largest absolute Gasteiger partial charge is 0.396 e. The SMILES string of the molecule is CCC(C)NCC(=O)c1ccc(F)c(N)c1. The van der Waals surface area contributed by atoms with Crippen molar-refractivity contribution in [2.45, 2.75) is 26.3 Å². The lowest BCUT2D eigenvalue weighted by atomic mass is 10.1. The number of hydrogen-bond acceptors (Lipinski definition) is 3. The molecule has 88 valence electrons. The minimum atomic E-state index is -0.494. The van der Waals surface area contributed by atoms with Gasteiger partial charge in [-0.15, -0.1) is 0 Å². The van der Waals surface area contributed by atoms with Crippen LogP contribution >= 0.6 is 0 Å². The maximum absolute atomic E-state index is 12.9. The standard InChI is InChI=1S/C12H17FN2O/c1-3-8(2)15-7-12(16)9-4-5-10(13)11(14)6-9/h4-6,8,15H,3,7,14H2,1-2H3. The van der Waals surface area contributed by atoms with E-state index in [2.05, 4.69) is 5.32 Å². The van der Waals surface area contributed by atoms with Crippen LogP contribution in [0.3, 0.4) is 0 Å². The van der Waals surface area contributed by atoms with Crippen molar-refractivity contribution < 1.29 is 9.18 Å². The number of nitrogens with one attached hydrogen (secondary N) is 1. The van der Waals surface area contributed by atoms with Gasteiger partial charge in [-0.3, -0.25) is 4.79 Å². The molecule has 0 aliphatic carbocycles. The fraction of sp³-hybridized carbons (Fsp3) is 0.417. The number of halogens is 1. The minimum Gasteiger partial charge on any atom is -0.396 e. The van der Waals surface area contributed by atoms with Crippen molar-refractivity contribution in [2.24, 2.45) is 0 Å². The third kappa shape index (κ3) is 3.31. The lowest BCUT2D eigenvalue weighted by molar-refractivity contribution is 0.0987. The van der Waals surface area contributed by atoms with E-state index in [9.17, 15) is 9.18 Å². The Balaban J connectivity index is 2.63. The molecule has 0 radical (unpaired) electrons. The molecule has 0 fully saturated rings. The predicted molar refractivity (Wildman–Crippen MR) is 62.9 cm³/mol. The van der Waals surface area contributed by atoms with Crippen LogP contribution in [0.2, 0.25) is 0 Å². The summed E-state index contributed by atoms with van der Waals surface area (Å²) in [7, 11) is 0. The lowest BCUT2D eigenvalue weighted by Crippen LogP contribution is -2.30. The Morgan fingerprint density at radius 2 is 2.25 bits per heavy atom. The zero-order chi connectivity index (χ0) is 12.1. The van der Waals surface area contributed by atoms with Gasteiger partial charge in [-0.25, -0.2) is 4.39 Å². The topological polar surface area (TPSA) is 55.1 Å². The summed E-state index contributed by atoms with van der Waals surface area (Å²) in [6.45, 7) is 4.30. The third-order valence-electron chi connectivity index (χ3n) is 2.54. The molecule has 16 heavy (non-hydrogen) atoms. The summed E-state index contributed by atoms with van der Waals surface area (Å²) in [5, 5.41) is 3.08. The van der Waals surface area contributed by atoms with Gasteiger partial charge < -0.3 is 11.1 Å². The number of rotatable bonds is 5. The van der Waals surface area contributed by atoms with Crippen LogP contribution in [0, 0.1) is 5.82 Å². The molecule has 1 rings (SSSR count). The highest BCUT2D eigenvalue weighted by molar-refractivity contribution is 5.98. The molecule has 0 amide bonds. The molecule has 1 unspecified atom stereocenters. The average Bonchev–Trinajstić information content (AvgIpc) is 2.29. The van der Waals surface area contributed by atoms with Crippen LogP contribution in [0.25, 0.3) is 0 Å². The average molecular weight is 224 g/mol. The van der Waals surface area contributed by atoms with Gasteiger partial charge in [0, 0.05) is 11.6 Å². The summed E-state index contributed by atoms with van der Waals surface area (Å²) >= 11 is 0. The van der Waals surface area contributed by atoms with Crippen molar-refractivity contribution >= 4 is 11.5 Å². The smallest absolute Gasteiger partial charge is 0.176 e. The van der Waals surface area contributed by atoms with E-state index >= 15 is 0 Å². The highest BCUT2D eigenvalue weighted by atomic mass is 19.1. The zero-order valence-corrected chi connectivity index (χ0v) is 9.59. The van der Waals surface area contributed by atoms with Gasteiger partial charge in [-0.2, -0.15) is 0 Å². The summed E-state index contributed by atoms with van der Waals surface area (Å²) in [6, 6.07) is 4.33. The minimum absolute atomic E-state index is 0.00869. The molecule has 1 atom stereocenters. The van der Waals surface area contributed by atoms with Crippen LogP contribution in [0.5, 0.6) is 0 Å². The molecule has 0 aliphatic heterocycles. The second-order valence-electron chi connectivity index (χ2n) is 3.85. The Morgan fingerprint density at radius 1 is 1.56 bits per heavy atom. The van der Waals surface area contributed by atoms with Crippen molar-refractivity contribution in [1.82, 2.24) is 5.32 Å². The van der Waals surface area contributed by atoms with Crippen LogP contribution in [0.4, 0.5) is 10.1 Å². The summed E-state index contributed by atoms with van der Waals surface area (Å²) < 4.78 is 12.9. The van der Waals surface area contributed by atoms with Crippen molar-refractivity contribution in [2.75, 3.05) is 12.3 Å². The van der Waals surface area contributed by atoms with Gasteiger partial charge in [0.15, 0.2) is 5.78 Å². The van der Waals surface area contributed by atoms with Gasteiger partial charge in [0.1, 0.15) is 5.82 Å². The number of ketones is 1. The molecule has 0 aromatic heterocycles. The number of hydrogen-bond donors (Lipinski definition) is 2. The third-order valence-corrected chi connectivity index (χ3v) is 2.54. The van der Waals surface area contributed by atoms with E-state index in [1.54, 1.807) is 0 Å². The molecule has 1 aromatic rings. The lowest BCUT2D eigenvalue weighted by Gasteiger charge is -2.10. The highest BCUT2D eigenvalue weighted by Gasteiger charge is 2.09. The van der Waals surface area contributed by atoms with E-state index in [4.69, 9.17) is 5.73 Å². The first kappa shape index (κ1) is 12.6. The van der Waals surface area contributed by atoms with Crippen LogP contribution < -0.4 is 11.1 Å². The molecular formula is C12H17FN2O. The Morgan fingerprint density at radius 3 is 2.81 bits per heavy atom. The van der Waals surface area contributed by atoms with Crippen LogP contribution in [-0.2, 0) is 0 Å². The molecule has 1 aromatic carbocycles.